The molecule has 0 saturated carbocycles. The van der Waals surface area contributed by atoms with Gasteiger partial charge in [-0.2, -0.15) is 11.3 Å². The van der Waals surface area contributed by atoms with Crippen LogP contribution < -0.4 is 16.0 Å². The second kappa shape index (κ2) is 12.3. The van der Waals surface area contributed by atoms with Crippen LogP contribution in [0, 0.1) is 0 Å². The van der Waals surface area contributed by atoms with Gasteiger partial charge in [-0.05, 0) is 66.9 Å². The highest BCUT2D eigenvalue weighted by Crippen LogP contribution is 2.38. The smallest absolute Gasteiger partial charge is 0.258 e. The van der Waals surface area contributed by atoms with Crippen LogP contribution in [0.5, 0.6) is 0 Å². The Morgan fingerprint density at radius 1 is 0.952 bits per heavy atom. The van der Waals surface area contributed by atoms with Crippen molar-refractivity contribution >= 4 is 45.8 Å². The first-order chi connectivity index (χ1) is 20.4. The lowest BCUT2D eigenvalue weighted by Gasteiger charge is -2.32. The monoisotopic (exact) mass is 577 g/mol. The average Bonchev–Trinajstić information content (AvgIpc) is 3.66. The Morgan fingerprint density at radius 2 is 1.71 bits per heavy atom. The van der Waals surface area contributed by atoms with Crippen molar-refractivity contribution in [1.82, 2.24) is 15.1 Å². The highest BCUT2D eigenvalue weighted by Gasteiger charge is 2.30. The van der Waals surface area contributed by atoms with Crippen LogP contribution in [-0.2, 0) is 11.3 Å². The van der Waals surface area contributed by atoms with Crippen molar-refractivity contribution in [2.45, 2.75) is 19.5 Å². The lowest BCUT2D eigenvalue weighted by atomic mass is 9.99. The summed E-state index contributed by atoms with van der Waals surface area (Å²) in [5.74, 6) is -0.380. The molecule has 2 aliphatic heterocycles. The van der Waals surface area contributed by atoms with Gasteiger partial charge >= 0.3 is 0 Å². The molecular weight excluding hydrogens is 542 g/mol. The first-order valence-corrected chi connectivity index (χ1v) is 15.2. The van der Waals surface area contributed by atoms with Crippen molar-refractivity contribution in [2.75, 3.05) is 43.9 Å². The van der Waals surface area contributed by atoms with Gasteiger partial charge in [-0.25, -0.2) is 0 Å². The number of hydrogen-bond acceptors (Lipinski definition) is 6. The molecule has 3 heterocycles. The number of benzene rings is 3. The zero-order chi connectivity index (χ0) is 29.1. The molecule has 0 unspecified atom stereocenters. The van der Waals surface area contributed by atoms with Crippen molar-refractivity contribution in [3.63, 3.8) is 0 Å². The van der Waals surface area contributed by atoms with Crippen molar-refractivity contribution in [2.24, 2.45) is 0 Å². The fourth-order valence-corrected chi connectivity index (χ4v) is 6.10. The summed E-state index contributed by atoms with van der Waals surface area (Å²) < 4.78 is 0. The third-order valence-corrected chi connectivity index (χ3v) is 8.64. The fraction of sp³-hybridized carbons (Fsp3) is 0.235. The summed E-state index contributed by atoms with van der Waals surface area (Å²) >= 11 is 1.58. The lowest BCUT2D eigenvalue weighted by molar-refractivity contribution is -0.110. The first kappa shape index (κ1) is 27.9. The lowest BCUT2D eigenvalue weighted by Crippen LogP contribution is -2.43. The van der Waals surface area contributed by atoms with Crippen molar-refractivity contribution in [3.05, 3.63) is 117 Å². The van der Waals surface area contributed by atoms with E-state index in [1.54, 1.807) is 23.5 Å². The molecule has 0 spiro atoms. The summed E-state index contributed by atoms with van der Waals surface area (Å²) in [7, 11) is 2.17. The number of carbonyl (C=O) groups excluding carboxylic acids is 2. The predicted octanol–water partition coefficient (Wildman–Crippen LogP) is 5.92. The molecule has 214 valence electrons. The van der Waals surface area contributed by atoms with E-state index in [1.165, 1.54) is 5.56 Å². The van der Waals surface area contributed by atoms with E-state index in [2.05, 4.69) is 57.1 Å². The van der Waals surface area contributed by atoms with Crippen LogP contribution in [0.4, 0.5) is 11.4 Å². The molecule has 1 saturated heterocycles. The number of nitrogens with one attached hydrogen (secondary N) is 3. The second-order valence-corrected chi connectivity index (χ2v) is 11.8. The van der Waals surface area contributed by atoms with Crippen LogP contribution in [0.15, 0.2) is 89.6 Å². The summed E-state index contributed by atoms with van der Waals surface area (Å²) in [5, 5.41) is 13.6. The van der Waals surface area contributed by atoms with E-state index in [-0.39, 0.29) is 17.9 Å². The Bertz CT molecular complexity index is 1590. The van der Waals surface area contributed by atoms with Crippen LogP contribution in [0.1, 0.15) is 45.6 Å². The van der Waals surface area contributed by atoms with Gasteiger partial charge in [0.1, 0.15) is 0 Å². The Kier molecular flexibility index (Phi) is 8.19. The minimum absolute atomic E-state index is 0.149. The molecule has 2 amide bonds. The minimum Gasteiger partial charge on any atom is -0.354 e. The van der Waals surface area contributed by atoms with E-state index in [1.807, 2.05) is 60.1 Å². The Hall–Kier alpha value is -4.24. The highest BCUT2D eigenvalue weighted by molar-refractivity contribution is 7.08. The molecule has 0 aliphatic carbocycles. The van der Waals surface area contributed by atoms with Gasteiger partial charge in [0, 0.05) is 66.2 Å². The molecule has 4 aromatic rings. The maximum Gasteiger partial charge on any atom is 0.258 e. The van der Waals surface area contributed by atoms with E-state index in [0.29, 0.717) is 22.4 Å². The van der Waals surface area contributed by atoms with Crippen LogP contribution in [0.2, 0.25) is 0 Å². The molecule has 6 rings (SSSR count). The standard InChI is InChI=1S/C34H35N5O2S/c1-23(25-6-4-3-5-7-25)35-33(40)26-10-13-30-29(20-26)31(34(41)37-30)32(27-14-19-42-22-27)36-28-11-8-24(9-12-28)21-39-17-15-38(2)16-18-39/h3-14,19-20,22-23,36H,15-18,21H2,1-2H3,(H,35,40)(H,37,41)/b32-31-/t23-/m1/s1. The van der Waals surface area contributed by atoms with E-state index in [0.717, 1.165) is 55.2 Å². The van der Waals surface area contributed by atoms with Gasteiger partial charge in [0.05, 0.1) is 17.3 Å². The number of anilines is 2. The van der Waals surface area contributed by atoms with E-state index < -0.39 is 0 Å². The maximum absolute atomic E-state index is 13.4. The largest absolute Gasteiger partial charge is 0.354 e. The molecule has 3 N–H and O–H groups in total. The van der Waals surface area contributed by atoms with Crippen LogP contribution in [0.3, 0.4) is 0 Å². The third kappa shape index (κ3) is 6.16. The summed E-state index contributed by atoms with van der Waals surface area (Å²) in [6.45, 7) is 7.23. The number of thiophene rings is 1. The molecule has 1 atom stereocenters. The fourth-order valence-electron chi connectivity index (χ4n) is 5.45. The summed E-state index contributed by atoms with van der Waals surface area (Å²) in [4.78, 5) is 31.5. The van der Waals surface area contributed by atoms with Crippen molar-refractivity contribution < 1.29 is 9.59 Å². The number of carbonyl (C=O) groups is 2. The van der Waals surface area contributed by atoms with Gasteiger partial charge in [-0.3, -0.25) is 14.5 Å². The summed E-state index contributed by atoms with van der Waals surface area (Å²) in [6, 6.07) is 25.5. The SMILES string of the molecule is C[C@@H](NC(=O)c1ccc2c(c1)/C(=C(/Nc1ccc(CN3CCN(C)CC3)cc1)c1ccsc1)C(=O)N2)c1ccccc1. The van der Waals surface area contributed by atoms with Crippen molar-refractivity contribution in [1.29, 1.82) is 0 Å². The predicted molar refractivity (Wildman–Crippen MR) is 171 cm³/mol. The van der Waals surface area contributed by atoms with Crippen LogP contribution in [-0.4, -0.2) is 54.8 Å². The van der Waals surface area contributed by atoms with Gasteiger partial charge in [0.15, 0.2) is 0 Å². The highest BCUT2D eigenvalue weighted by atomic mass is 32.1. The van der Waals surface area contributed by atoms with Gasteiger partial charge < -0.3 is 20.9 Å². The zero-order valence-electron chi connectivity index (χ0n) is 23.9. The molecule has 7 nitrogen and oxygen atoms in total. The molecule has 1 fully saturated rings. The first-order valence-electron chi connectivity index (χ1n) is 14.3. The molecule has 0 bridgehead atoms. The number of hydrogen-bond donors (Lipinski definition) is 3. The van der Waals surface area contributed by atoms with E-state index in [4.69, 9.17) is 0 Å². The maximum atomic E-state index is 13.4. The van der Waals surface area contributed by atoms with E-state index in [9.17, 15) is 9.59 Å². The average molecular weight is 578 g/mol. The molecule has 2 aliphatic rings. The number of likely N-dealkylation sites (N-methyl/N-ethyl adjacent to an activating group) is 1. The molecule has 3 aromatic carbocycles. The van der Waals surface area contributed by atoms with E-state index >= 15 is 0 Å². The zero-order valence-corrected chi connectivity index (χ0v) is 24.7. The Morgan fingerprint density at radius 3 is 2.43 bits per heavy atom. The van der Waals surface area contributed by atoms with Gasteiger partial charge in [-0.15, -0.1) is 0 Å². The van der Waals surface area contributed by atoms with Crippen LogP contribution >= 0.6 is 11.3 Å². The van der Waals surface area contributed by atoms with Gasteiger partial charge in [-0.1, -0.05) is 42.5 Å². The molecule has 42 heavy (non-hydrogen) atoms. The quantitative estimate of drug-likeness (QED) is 0.227. The normalized spacial score (nSPS) is 17.3. The number of fused-ring (bicyclic) bond motifs is 1. The molecule has 8 heteroatoms. The Labute approximate surface area is 250 Å². The van der Waals surface area contributed by atoms with Gasteiger partial charge in [0.25, 0.3) is 11.8 Å². The Balaban J connectivity index is 1.27. The molecular formula is C34H35N5O2S. The topological polar surface area (TPSA) is 76.7 Å². The number of rotatable bonds is 8. The number of amides is 2. The molecule has 0 radical (unpaired) electrons. The number of nitrogens with zero attached hydrogens (tertiary/aromatic N) is 2. The number of piperazine rings is 1. The van der Waals surface area contributed by atoms with Gasteiger partial charge in [0.2, 0.25) is 0 Å². The minimum atomic E-state index is -0.194. The summed E-state index contributed by atoms with van der Waals surface area (Å²) in [5.41, 5.74) is 7.26. The molecule has 1 aromatic heterocycles. The third-order valence-electron chi connectivity index (χ3n) is 7.96. The second-order valence-electron chi connectivity index (χ2n) is 11.0. The van der Waals surface area contributed by atoms with Crippen LogP contribution in [0.25, 0.3) is 11.3 Å². The summed E-state index contributed by atoms with van der Waals surface area (Å²) in [6.07, 6.45) is 0. The van der Waals surface area contributed by atoms with Crippen molar-refractivity contribution in [3.8, 4) is 0 Å².